The first-order valence-corrected chi connectivity index (χ1v) is 17.6. The van der Waals surface area contributed by atoms with E-state index in [1.165, 1.54) is 0 Å². The summed E-state index contributed by atoms with van der Waals surface area (Å²) in [5.41, 5.74) is 1.27. The maximum Gasteiger partial charge on any atom is 0.422 e. The van der Waals surface area contributed by atoms with E-state index in [1.54, 1.807) is 41.3 Å². The number of likely N-dealkylation sites (tertiary alicyclic amines) is 1. The third-order valence-electron chi connectivity index (χ3n) is 9.37. The quantitative estimate of drug-likeness (QED) is 0.182. The Bertz CT molecular complexity index is 1700. The Balaban J connectivity index is 1.05. The summed E-state index contributed by atoms with van der Waals surface area (Å²) in [4.78, 5) is 52.4. The summed E-state index contributed by atoms with van der Waals surface area (Å²) in [6.07, 6.45) is 3.52. The van der Waals surface area contributed by atoms with Gasteiger partial charge < -0.3 is 30.9 Å². The van der Waals surface area contributed by atoms with Gasteiger partial charge in [-0.15, -0.1) is 0 Å². The number of alkyl halides is 3. The van der Waals surface area contributed by atoms with Crippen molar-refractivity contribution in [1.29, 1.82) is 0 Å². The van der Waals surface area contributed by atoms with Crippen LogP contribution in [0.1, 0.15) is 73.7 Å². The van der Waals surface area contributed by atoms with Gasteiger partial charge in [-0.25, -0.2) is 0 Å². The predicted octanol–water partition coefficient (Wildman–Crippen LogP) is 5.73. The van der Waals surface area contributed by atoms with Gasteiger partial charge >= 0.3 is 24.0 Å². The van der Waals surface area contributed by atoms with Gasteiger partial charge in [0.2, 0.25) is 11.9 Å². The Kier molecular flexibility index (Phi) is 11.1. The summed E-state index contributed by atoms with van der Waals surface area (Å²) in [6.45, 7) is -0.343. The molecule has 0 bridgehead atoms. The van der Waals surface area contributed by atoms with Gasteiger partial charge in [-0.1, -0.05) is 43.0 Å². The van der Waals surface area contributed by atoms with Gasteiger partial charge in [-0.3, -0.25) is 14.4 Å². The number of hydrogen-bond donors (Lipinski definition) is 4. The third kappa shape index (κ3) is 9.99. The van der Waals surface area contributed by atoms with Crippen LogP contribution in [0.15, 0.2) is 48.5 Å². The van der Waals surface area contributed by atoms with Crippen molar-refractivity contribution in [3.8, 4) is 6.01 Å². The van der Waals surface area contributed by atoms with E-state index in [1.807, 2.05) is 12.1 Å². The van der Waals surface area contributed by atoms with Crippen molar-refractivity contribution in [3.05, 3.63) is 64.7 Å². The number of benzene rings is 2. The number of nitrogens with one attached hydrogen (secondary N) is 4. The van der Waals surface area contributed by atoms with Crippen LogP contribution >= 0.6 is 11.6 Å². The van der Waals surface area contributed by atoms with Gasteiger partial charge in [0.15, 0.2) is 6.61 Å². The lowest BCUT2D eigenvalue weighted by atomic mass is 9.95. The molecular weight excluding hydrogens is 689 g/mol. The van der Waals surface area contributed by atoms with E-state index in [4.69, 9.17) is 16.3 Å². The molecule has 3 amide bonds. The van der Waals surface area contributed by atoms with Crippen LogP contribution < -0.4 is 26.0 Å². The number of carbonyl (C=O) groups excluding carboxylic acids is 3. The first-order chi connectivity index (χ1) is 24.4. The molecule has 0 radical (unpaired) electrons. The van der Waals surface area contributed by atoms with Gasteiger partial charge in [0.05, 0.1) is 5.54 Å². The second kappa shape index (κ2) is 15.7. The van der Waals surface area contributed by atoms with Crippen molar-refractivity contribution in [2.24, 2.45) is 5.92 Å². The SMILES string of the molecule is O=C(NC1CCCCC1)C(=O)N1CCCC(CNC(=O)c2ccc(Nc3nc(NC4(c5ccc(Cl)cc5)CC4)nc(OCC(F)(F)F)n3)cc2)C1. The average molecular weight is 729 g/mol. The Morgan fingerprint density at radius 2 is 1.61 bits per heavy atom. The van der Waals surface area contributed by atoms with E-state index in [9.17, 15) is 27.6 Å². The summed E-state index contributed by atoms with van der Waals surface area (Å²) < 4.78 is 43.7. The van der Waals surface area contributed by atoms with Crippen molar-refractivity contribution in [3.63, 3.8) is 0 Å². The summed E-state index contributed by atoms with van der Waals surface area (Å²) in [5.74, 6) is -1.41. The molecule has 16 heteroatoms. The largest absolute Gasteiger partial charge is 0.454 e. The van der Waals surface area contributed by atoms with Crippen LogP contribution in [-0.4, -0.2) is 76.0 Å². The van der Waals surface area contributed by atoms with E-state index < -0.39 is 36.1 Å². The summed E-state index contributed by atoms with van der Waals surface area (Å²) >= 11 is 6.04. The fourth-order valence-corrected chi connectivity index (χ4v) is 6.63. The first kappa shape index (κ1) is 36.1. The molecule has 4 N–H and O–H groups in total. The Morgan fingerprint density at radius 3 is 2.29 bits per heavy atom. The molecule has 1 aromatic heterocycles. The number of carbonyl (C=O) groups is 3. The molecule has 2 heterocycles. The summed E-state index contributed by atoms with van der Waals surface area (Å²) in [6, 6.07) is 13.2. The van der Waals surface area contributed by atoms with Gasteiger partial charge in [0.1, 0.15) is 0 Å². The predicted molar refractivity (Wildman–Crippen MR) is 184 cm³/mol. The van der Waals surface area contributed by atoms with Gasteiger partial charge in [-0.2, -0.15) is 28.1 Å². The number of hydrogen-bond acceptors (Lipinski definition) is 9. The van der Waals surface area contributed by atoms with Crippen molar-refractivity contribution >= 4 is 46.9 Å². The van der Waals surface area contributed by atoms with Crippen molar-refractivity contribution < 1.29 is 32.3 Å². The number of piperidine rings is 1. The van der Waals surface area contributed by atoms with Crippen molar-refractivity contribution in [1.82, 2.24) is 30.5 Å². The lowest BCUT2D eigenvalue weighted by Gasteiger charge is -2.33. The average Bonchev–Trinajstić information content (AvgIpc) is 3.90. The minimum absolute atomic E-state index is 0.00458. The van der Waals surface area contributed by atoms with Crippen LogP contribution in [0.2, 0.25) is 5.02 Å². The molecule has 0 spiro atoms. The molecule has 1 atom stereocenters. The fourth-order valence-electron chi connectivity index (χ4n) is 6.50. The van der Waals surface area contributed by atoms with Crippen LogP contribution in [0.5, 0.6) is 6.01 Å². The molecule has 51 heavy (non-hydrogen) atoms. The molecular formula is C35H40ClF3N8O4. The number of amides is 3. The van der Waals surface area contributed by atoms with E-state index in [0.717, 1.165) is 63.4 Å². The molecule has 1 saturated heterocycles. The van der Waals surface area contributed by atoms with Crippen LogP contribution in [0.25, 0.3) is 0 Å². The first-order valence-electron chi connectivity index (χ1n) is 17.2. The molecule has 3 fully saturated rings. The third-order valence-corrected chi connectivity index (χ3v) is 9.63. The minimum Gasteiger partial charge on any atom is -0.454 e. The van der Waals surface area contributed by atoms with Crippen LogP contribution in [0, 0.1) is 5.92 Å². The standard InChI is InChI=1S/C35H40ClF3N8O4/c36-25-12-10-24(11-13-25)34(16-17-34)46-32-43-31(44-33(45-32)51-21-35(37,38)39)42-27-14-8-23(9-15-27)28(48)40-19-22-5-4-18-47(20-22)30(50)29(49)41-26-6-2-1-3-7-26/h8-15,22,26H,1-7,16-21H2,(H,40,48)(H,41,49)(H2,42,43,44,45,46). The molecule has 2 aromatic carbocycles. The zero-order valence-corrected chi connectivity index (χ0v) is 28.7. The Labute approximate surface area is 298 Å². The molecule has 1 unspecified atom stereocenters. The number of aromatic nitrogens is 3. The number of halogens is 4. The molecule has 272 valence electrons. The number of rotatable bonds is 11. The molecule has 2 saturated carbocycles. The number of anilines is 3. The summed E-state index contributed by atoms with van der Waals surface area (Å²) in [7, 11) is 0. The maximum absolute atomic E-state index is 13.0. The second-order valence-corrected chi connectivity index (χ2v) is 13.8. The Morgan fingerprint density at radius 1 is 0.902 bits per heavy atom. The maximum atomic E-state index is 13.0. The fraction of sp³-hybridized carbons (Fsp3) is 0.486. The number of ether oxygens (including phenoxy) is 1. The number of nitrogens with zero attached hydrogens (tertiary/aromatic N) is 4. The summed E-state index contributed by atoms with van der Waals surface area (Å²) in [5, 5.41) is 12.6. The van der Waals surface area contributed by atoms with Crippen LogP contribution in [-0.2, 0) is 15.1 Å². The van der Waals surface area contributed by atoms with E-state index >= 15 is 0 Å². The second-order valence-electron chi connectivity index (χ2n) is 13.4. The zero-order valence-electron chi connectivity index (χ0n) is 27.9. The molecule has 3 aromatic rings. The highest BCUT2D eigenvalue weighted by molar-refractivity contribution is 6.35. The minimum atomic E-state index is -4.59. The topological polar surface area (TPSA) is 150 Å². The molecule has 12 nitrogen and oxygen atoms in total. The molecule has 3 aliphatic rings. The van der Waals surface area contributed by atoms with Gasteiger partial charge in [-0.05, 0) is 86.4 Å². The van der Waals surface area contributed by atoms with Gasteiger partial charge in [0, 0.05) is 41.9 Å². The molecule has 2 aliphatic carbocycles. The highest BCUT2D eigenvalue weighted by Crippen LogP contribution is 2.48. The van der Waals surface area contributed by atoms with Crippen molar-refractivity contribution in [2.45, 2.75) is 75.5 Å². The highest BCUT2D eigenvalue weighted by atomic mass is 35.5. The van der Waals surface area contributed by atoms with Crippen molar-refractivity contribution in [2.75, 3.05) is 36.9 Å². The monoisotopic (exact) mass is 728 g/mol. The Hall–Kier alpha value is -4.66. The smallest absolute Gasteiger partial charge is 0.422 e. The van der Waals surface area contributed by atoms with E-state index in [2.05, 4.69) is 36.2 Å². The lowest BCUT2D eigenvalue weighted by molar-refractivity contribution is -0.154. The van der Waals surface area contributed by atoms with E-state index in [-0.39, 0.29) is 29.8 Å². The van der Waals surface area contributed by atoms with Gasteiger partial charge in [0.25, 0.3) is 5.91 Å². The van der Waals surface area contributed by atoms with E-state index in [0.29, 0.717) is 35.9 Å². The lowest BCUT2D eigenvalue weighted by Crippen LogP contribution is -2.51. The molecule has 1 aliphatic heterocycles. The zero-order chi connectivity index (χ0) is 36.0. The normalized spacial score (nSPS) is 18.7. The highest BCUT2D eigenvalue weighted by Gasteiger charge is 2.45. The molecule has 6 rings (SSSR count). The van der Waals surface area contributed by atoms with Crippen LogP contribution in [0.4, 0.5) is 30.8 Å². The van der Waals surface area contributed by atoms with Crippen LogP contribution in [0.3, 0.4) is 0 Å².